The molecule has 4 heteroatoms. The first kappa shape index (κ1) is 15.2. The third-order valence-electron chi connectivity index (χ3n) is 4.12. The molecule has 22 heavy (non-hydrogen) atoms. The Labute approximate surface area is 137 Å². The number of hydrogen-bond donors (Lipinski definition) is 0. The van der Waals surface area contributed by atoms with Crippen LogP contribution < -0.4 is 9.64 Å². The van der Waals surface area contributed by atoms with Gasteiger partial charge >= 0.3 is 0 Å². The highest BCUT2D eigenvalue weighted by atomic mass is 35.5. The Balaban J connectivity index is 1.57. The molecular weight excluding hydrogens is 296 g/mol. The molecule has 1 aliphatic heterocycles. The van der Waals surface area contributed by atoms with Crippen LogP contribution in [0.25, 0.3) is 0 Å². The van der Waals surface area contributed by atoms with Gasteiger partial charge in [0.05, 0.1) is 12.1 Å². The topological polar surface area (TPSA) is 15.7 Å². The number of methoxy groups -OCH3 is 1. The van der Waals surface area contributed by atoms with Gasteiger partial charge in [-0.3, -0.25) is 4.90 Å². The van der Waals surface area contributed by atoms with Gasteiger partial charge in [-0.15, -0.1) is 0 Å². The molecular formula is C18H21ClN2O. The number of rotatable bonds is 4. The van der Waals surface area contributed by atoms with Crippen molar-refractivity contribution in [1.82, 2.24) is 4.90 Å². The third-order valence-corrected chi connectivity index (χ3v) is 4.41. The molecule has 0 amide bonds. The number of para-hydroxylation sites is 1. The Hall–Kier alpha value is -1.71. The quantitative estimate of drug-likeness (QED) is 0.856. The Morgan fingerprint density at radius 2 is 1.73 bits per heavy atom. The van der Waals surface area contributed by atoms with E-state index >= 15 is 0 Å². The van der Waals surface area contributed by atoms with Gasteiger partial charge in [0.1, 0.15) is 5.75 Å². The lowest BCUT2D eigenvalue weighted by Crippen LogP contribution is -2.45. The van der Waals surface area contributed by atoms with Crippen LogP contribution in [0.3, 0.4) is 0 Å². The summed E-state index contributed by atoms with van der Waals surface area (Å²) in [6.45, 7) is 5.20. The summed E-state index contributed by atoms with van der Waals surface area (Å²) in [6.07, 6.45) is 0. The summed E-state index contributed by atoms with van der Waals surface area (Å²) >= 11 is 6.20. The summed E-state index contributed by atoms with van der Waals surface area (Å²) < 4.78 is 5.20. The molecule has 116 valence electrons. The minimum Gasteiger partial charge on any atom is -0.495 e. The zero-order chi connectivity index (χ0) is 15.4. The zero-order valence-electron chi connectivity index (χ0n) is 12.8. The van der Waals surface area contributed by atoms with Gasteiger partial charge in [-0.25, -0.2) is 0 Å². The number of benzene rings is 2. The van der Waals surface area contributed by atoms with E-state index in [1.54, 1.807) is 7.11 Å². The first-order chi connectivity index (χ1) is 10.8. The highest BCUT2D eigenvalue weighted by Gasteiger charge is 2.17. The lowest BCUT2D eigenvalue weighted by Gasteiger charge is -2.36. The molecule has 0 unspecified atom stereocenters. The number of hydrogen-bond acceptors (Lipinski definition) is 3. The number of halogens is 1. The van der Waals surface area contributed by atoms with Gasteiger partial charge in [-0.05, 0) is 29.8 Å². The monoisotopic (exact) mass is 316 g/mol. The van der Waals surface area contributed by atoms with Gasteiger partial charge in [0.15, 0.2) is 0 Å². The smallest absolute Gasteiger partial charge is 0.137 e. The van der Waals surface area contributed by atoms with Crippen molar-refractivity contribution < 1.29 is 4.74 Å². The van der Waals surface area contributed by atoms with Crippen molar-refractivity contribution in [2.75, 3.05) is 38.2 Å². The summed E-state index contributed by atoms with van der Waals surface area (Å²) in [5.41, 5.74) is 2.55. The van der Waals surface area contributed by atoms with E-state index in [2.05, 4.69) is 46.2 Å². The Morgan fingerprint density at radius 1 is 1.00 bits per heavy atom. The predicted molar refractivity (Wildman–Crippen MR) is 91.9 cm³/mol. The molecule has 0 atom stereocenters. The maximum atomic E-state index is 6.20. The van der Waals surface area contributed by atoms with E-state index in [-0.39, 0.29) is 0 Å². The van der Waals surface area contributed by atoms with Crippen LogP contribution in [0.15, 0.2) is 48.5 Å². The molecule has 0 saturated carbocycles. The van der Waals surface area contributed by atoms with Crippen molar-refractivity contribution in [2.24, 2.45) is 0 Å². The Morgan fingerprint density at radius 3 is 2.36 bits per heavy atom. The van der Waals surface area contributed by atoms with Gasteiger partial charge < -0.3 is 9.64 Å². The normalized spacial score (nSPS) is 15.8. The maximum absolute atomic E-state index is 6.20. The Bertz CT molecular complexity index is 610. The third kappa shape index (κ3) is 3.54. The van der Waals surface area contributed by atoms with E-state index in [0.29, 0.717) is 5.02 Å². The summed E-state index contributed by atoms with van der Waals surface area (Å²) in [7, 11) is 1.64. The zero-order valence-corrected chi connectivity index (χ0v) is 13.6. The molecule has 0 spiro atoms. The summed E-state index contributed by atoms with van der Waals surface area (Å²) in [4.78, 5) is 4.91. The fourth-order valence-electron chi connectivity index (χ4n) is 2.87. The van der Waals surface area contributed by atoms with E-state index < -0.39 is 0 Å². The van der Waals surface area contributed by atoms with Gasteiger partial charge in [-0.2, -0.15) is 0 Å². The molecule has 2 aromatic carbocycles. The molecule has 0 radical (unpaired) electrons. The summed E-state index contributed by atoms with van der Waals surface area (Å²) in [5, 5.41) is 0.683. The number of nitrogens with zero attached hydrogens (tertiary/aromatic N) is 2. The van der Waals surface area contributed by atoms with Crippen molar-refractivity contribution >= 4 is 17.3 Å². The van der Waals surface area contributed by atoms with Crippen LogP contribution in [0, 0.1) is 0 Å². The molecule has 1 saturated heterocycles. The van der Waals surface area contributed by atoms with Crippen molar-refractivity contribution in [3.63, 3.8) is 0 Å². The van der Waals surface area contributed by atoms with Crippen LogP contribution >= 0.6 is 11.6 Å². The molecule has 0 N–H and O–H groups in total. The highest BCUT2D eigenvalue weighted by Crippen LogP contribution is 2.26. The first-order valence-corrected chi connectivity index (χ1v) is 7.99. The second-order valence-corrected chi connectivity index (χ2v) is 5.97. The number of anilines is 1. The molecule has 0 bridgehead atoms. The molecule has 2 aromatic rings. The van der Waals surface area contributed by atoms with Crippen molar-refractivity contribution in [3.05, 3.63) is 59.1 Å². The fraction of sp³-hybridized carbons (Fsp3) is 0.333. The average Bonchev–Trinajstić information content (AvgIpc) is 2.57. The van der Waals surface area contributed by atoms with Crippen LogP contribution in [-0.2, 0) is 6.54 Å². The van der Waals surface area contributed by atoms with Crippen molar-refractivity contribution in [1.29, 1.82) is 0 Å². The largest absolute Gasteiger partial charge is 0.495 e. The van der Waals surface area contributed by atoms with Gasteiger partial charge in [0.25, 0.3) is 0 Å². The van der Waals surface area contributed by atoms with Gasteiger partial charge in [-0.1, -0.05) is 35.9 Å². The predicted octanol–water partition coefficient (Wildman–Crippen LogP) is 3.67. The van der Waals surface area contributed by atoms with Gasteiger partial charge in [0.2, 0.25) is 0 Å². The van der Waals surface area contributed by atoms with Gasteiger partial charge in [0, 0.05) is 38.4 Å². The van der Waals surface area contributed by atoms with Crippen molar-refractivity contribution in [3.8, 4) is 5.75 Å². The van der Waals surface area contributed by atoms with E-state index in [0.717, 1.165) is 38.5 Å². The summed E-state index contributed by atoms with van der Waals surface area (Å²) in [5.74, 6) is 0.735. The highest BCUT2D eigenvalue weighted by molar-refractivity contribution is 6.32. The number of ether oxygens (including phenoxy) is 1. The van der Waals surface area contributed by atoms with Crippen LogP contribution in [-0.4, -0.2) is 38.2 Å². The SMILES string of the molecule is COc1ccc(CN2CCN(c3ccccc3)CC2)cc1Cl. The van der Waals surface area contributed by atoms with Crippen LogP contribution in [0.4, 0.5) is 5.69 Å². The van der Waals surface area contributed by atoms with Crippen molar-refractivity contribution in [2.45, 2.75) is 6.54 Å². The first-order valence-electron chi connectivity index (χ1n) is 7.61. The van der Waals surface area contributed by atoms with E-state index in [1.807, 2.05) is 12.1 Å². The maximum Gasteiger partial charge on any atom is 0.137 e. The molecule has 1 fully saturated rings. The molecule has 0 aromatic heterocycles. The minimum atomic E-state index is 0.683. The summed E-state index contributed by atoms with van der Waals surface area (Å²) in [6, 6.07) is 16.7. The molecule has 3 nitrogen and oxygen atoms in total. The fourth-order valence-corrected chi connectivity index (χ4v) is 3.15. The van der Waals surface area contributed by atoms with Crippen LogP contribution in [0.2, 0.25) is 5.02 Å². The minimum absolute atomic E-state index is 0.683. The van der Waals surface area contributed by atoms with E-state index in [9.17, 15) is 0 Å². The second-order valence-electron chi connectivity index (χ2n) is 5.57. The standard InChI is InChI=1S/C18H21ClN2O/c1-22-18-8-7-15(13-17(18)19)14-20-9-11-21(12-10-20)16-5-3-2-4-6-16/h2-8,13H,9-12,14H2,1H3. The van der Waals surface area contributed by atoms with E-state index in [4.69, 9.17) is 16.3 Å². The van der Waals surface area contributed by atoms with Crippen LogP contribution in [0.5, 0.6) is 5.75 Å². The Kier molecular flexibility index (Phi) is 4.86. The molecule has 1 aliphatic rings. The van der Waals surface area contributed by atoms with E-state index in [1.165, 1.54) is 11.3 Å². The molecule has 3 rings (SSSR count). The lowest BCUT2D eigenvalue weighted by molar-refractivity contribution is 0.250. The van der Waals surface area contributed by atoms with Crippen LogP contribution in [0.1, 0.15) is 5.56 Å². The average molecular weight is 317 g/mol. The number of piperazine rings is 1. The molecule has 0 aliphatic carbocycles. The molecule has 1 heterocycles. The second kappa shape index (κ2) is 7.03. The lowest BCUT2D eigenvalue weighted by atomic mass is 10.2.